The first kappa shape index (κ1) is 20.4. The lowest BCUT2D eigenvalue weighted by Crippen LogP contribution is -2.37. The summed E-state index contributed by atoms with van der Waals surface area (Å²) in [5, 5.41) is 0. The minimum Gasteiger partial charge on any atom is -0.496 e. The summed E-state index contributed by atoms with van der Waals surface area (Å²) in [6.07, 6.45) is 1.84. The number of hydrogen-bond acceptors (Lipinski definition) is 4. The van der Waals surface area contributed by atoms with Crippen LogP contribution < -0.4 is 10.5 Å². The summed E-state index contributed by atoms with van der Waals surface area (Å²) in [4.78, 5) is 14.8. The molecule has 0 spiro atoms. The Labute approximate surface area is 167 Å². The molecular weight excluding hydrogens is 354 g/mol. The average Bonchev–Trinajstić information content (AvgIpc) is 3.00. The number of rotatable bonds is 8. The molecule has 1 aliphatic heterocycles. The third kappa shape index (κ3) is 4.08. The smallest absolute Gasteiger partial charge is 0.251 e. The number of carbonyl (C=O) groups excluding carboxylic acids is 1. The van der Waals surface area contributed by atoms with Gasteiger partial charge in [0, 0.05) is 48.7 Å². The first-order valence-corrected chi connectivity index (χ1v) is 10.0. The third-order valence-corrected chi connectivity index (χ3v) is 5.55. The minimum atomic E-state index is -0.389. The number of morpholine rings is 1. The number of ether oxygens (including phenoxy) is 2. The van der Waals surface area contributed by atoms with E-state index >= 15 is 0 Å². The molecule has 6 heteroatoms. The van der Waals surface area contributed by atoms with Crippen LogP contribution in [0.4, 0.5) is 0 Å². The van der Waals surface area contributed by atoms with E-state index in [1.54, 1.807) is 7.11 Å². The zero-order valence-electron chi connectivity index (χ0n) is 17.2. The van der Waals surface area contributed by atoms with Gasteiger partial charge in [0.1, 0.15) is 5.75 Å². The Morgan fingerprint density at radius 2 is 1.93 bits per heavy atom. The Bertz CT molecular complexity index is 823. The number of benzene rings is 1. The van der Waals surface area contributed by atoms with Gasteiger partial charge in [0.05, 0.1) is 25.9 Å². The maximum Gasteiger partial charge on any atom is 0.251 e. The van der Waals surface area contributed by atoms with Crippen molar-refractivity contribution in [2.75, 3.05) is 40.0 Å². The molecule has 0 aliphatic carbocycles. The van der Waals surface area contributed by atoms with Crippen molar-refractivity contribution in [3.05, 3.63) is 41.2 Å². The van der Waals surface area contributed by atoms with E-state index in [0.717, 1.165) is 80.5 Å². The van der Waals surface area contributed by atoms with Crippen LogP contribution in [0, 0.1) is 6.92 Å². The Balaban J connectivity index is 1.95. The van der Waals surface area contributed by atoms with Crippen molar-refractivity contribution in [3.8, 4) is 16.9 Å². The predicted octanol–water partition coefficient (Wildman–Crippen LogP) is 2.86. The van der Waals surface area contributed by atoms with E-state index in [9.17, 15) is 4.79 Å². The normalized spacial score (nSPS) is 15.0. The van der Waals surface area contributed by atoms with Gasteiger partial charge in [-0.05, 0) is 25.8 Å². The van der Waals surface area contributed by atoms with E-state index in [0.29, 0.717) is 5.56 Å². The molecule has 0 unspecified atom stereocenters. The van der Waals surface area contributed by atoms with Gasteiger partial charge >= 0.3 is 0 Å². The van der Waals surface area contributed by atoms with E-state index in [2.05, 4.69) is 16.4 Å². The van der Waals surface area contributed by atoms with E-state index in [1.165, 1.54) is 0 Å². The molecule has 1 aliphatic rings. The fraction of sp³-hybridized carbons (Fsp3) is 0.500. The predicted molar refractivity (Wildman–Crippen MR) is 111 cm³/mol. The largest absolute Gasteiger partial charge is 0.496 e. The SMILES string of the molecule is CCc1c(-c2ccccc2OC)c(C(N)=O)c(C)n1CCCN1CCOCC1. The highest BCUT2D eigenvalue weighted by Crippen LogP contribution is 2.38. The standard InChI is InChI=1S/C22H31N3O3/c1-4-18-21(17-8-5-6-9-19(17)27-3)20(22(23)26)16(2)25(18)11-7-10-24-12-14-28-15-13-24/h5-6,8-9H,4,7,10-15H2,1-3H3,(H2,23,26). The Morgan fingerprint density at radius 3 is 2.57 bits per heavy atom. The molecular formula is C22H31N3O3. The molecule has 2 aromatic rings. The topological polar surface area (TPSA) is 69.7 Å². The van der Waals surface area contributed by atoms with Crippen LogP contribution in [0.1, 0.15) is 35.1 Å². The van der Waals surface area contributed by atoms with Crippen LogP contribution in [0.25, 0.3) is 11.1 Å². The summed E-state index contributed by atoms with van der Waals surface area (Å²) in [6, 6.07) is 7.82. The molecule has 1 fully saturated rings. The molecule has 3 rings (SSSR count). The van der Waals surface area contributed by atoms with Crippen LogP contribution in [0.2, 0.25) is 0 Å². The number of para-hydroxylation sites is 1. The van der Waals surface area contributed by atoms with Crippen molar-refractivity contribution in [2.24, 2.45) is 5.73 Å². The van der Waals surface area contributed by atoms with Gasteiger partial charge in [-0.2, -0.15) is 0 Å². The fourth-order valence-corrected chi connectivity index (χ4v) is 4.19. The highest BCUT2D eigenvalue weighted by molar-refractivity contribution is 6.03. The number of hydrogen-bond donors (Lipinski definition) is 1. The molecule has 0 radical (unpaired) electrons. The zero-order chi connectivity index (χ0) is 20.1. The monoisotopic (exact) mass is 385 g/mol. The first-order chi connectivity index (χ1) is 13.6. The minimum absolute atomic E-state index is 0.389. The van der Waals surface area contributed by atoms with Crippen molar-refractivity contribution in [1.29, 1.82) is 0 Å². The maximum atomic E-state index is 12.4. The third-order valence-electron chi connectivity index (χ3n) is 5.55. The van der Waals surface area contributed by atoms with E-state index in [1.807, 2.05) is 31.2 Å². The molecule has 1 saturated heterocycles. The summed E-state index contributed by atoms with van der Waals surface area (Å²) in [5.41, 5.74) is 10.3. The van der Waals surface area contributed by atoms with Crippen LogP contribution in [0.15, 0.2) is 24.3 Å². The number of nitrogens with zero attached hydrogens (tertiary/aromatic N) is 2. The van der Waals surface area contributed by atoms with E-state index < -0.39 is 0 Å². The molecule has 1 aromatic carbocycles. The lowest BCUT2D eigenvalue weighted by Gasteiger charge is -2.26. The van der Waals surface area contributed by atoms with Crippen molar-refractivity contribution < 1.29 is 14.3 Å². The van der Waals surface area contributed by atoms with Crippen molar-refractivity contribution in [3.63, 3.8) is 0 Å². The molecule has 2 N–H and O–H groups in total. The summed E-state index contributed by atoms with van der Waals surface area (Å²) in [7, 11) is 1.65. The zero-order valence-corrected chi connectivity index (χ0v) is 17.2. The second-order valence-corrected chi connectivity index (χ2v) is 7.16. The van der Waals surface area contributed by atoms with Crippen LogP contribution in [0.5, 0.6) is 5.75 Å². The van der Waals surface area contributed by atoms with E-state index in [-0.39, 0.29) is 5.91 Å². The van der Waals surface area contributed by atoms with Crippen molar-refractivity contribution >= 4 is 5.91 Å². The van der Waals surface area contributed by atoms with Gasteiger partial charge in [-0.1, -0.05) is 25.1 Å². The molecule has 6 nitrogen and oxygen atoms in total. The molecule has 0 atom stereocenters. The summed E-state index contributed by atoms with van der Waals surface area (Å²) in [5.74, 6) is 0.366. The van der Waals surface area contributed by atoms with Crippen molar-refractivity contribution in [2.45, 2.75) is 33.2 Å². The molecule has 0 saturated carbocycles. The van der Waals surface area contributed by atoms with Crippen LogP contribution in [-0.4, -0.2) is 55.3 Å². The first-order valence-electron chi connectivity index (χ1n) is 10.0. The van der Waals surface area contributed by atoms with Gasteiger partial charge in [-0.15, -0.1) is 0 Å². The summed E-state index contributed by atoms with van der Waals surface area (Å²) in [6.45, 7) is 9.61. The number of aromatic nitrogens is 1. The molecule has 1 amide bonds. The Hall–Kier alpha value is -2.31. The maximum absolute atomic E-state index is 12.4. The molecule has 0 bridgehead atoms. The van der Waals surface area contributed by atoms with Crippen molar-refractivity contribution in [1.82, 2.24) is 9.47 Å². The van der Waals surface area contributed by atoms with Gasteiger partial charge in [0.2, 0.25) is 0 Å². The van der Waals surface area contributed by atoms with Gasteiger partial charge in [-0.25, -0.2) is 0 Å². The van der Waals surface area contributed by atoms with E-state index in [4.69, 9.17) is 15.2 Å². The Morgan fingerprint density at radius 1 is 1.21 bits per heavy atom. The second-order valence-electron chi connectivity index (χ2n) is 7.16. The lowest BCUT2D eigenvalue weighted by molar-refractivity contribution is 0.0369. The number of amides is 1. The molecule has 2 heterocycles. The average molecular weight is 386 g/mol. The van der Waals surface area contributed by atoms with Crippen LogP contribution in [0.3, 0.4) is 0 Å². The summed E-state index contributed by atoms with van der Waals surface area (Å²) >= 11 is 0. The molecule has 28 heavy (non-hydrogen) atoms. The van der Waals surface area contributed by atoms with Crippen LogP contribution in [-0.2, 0) is 17.7 Å². The molecule has 152 valence electrons. The molecule has 1 aromatic heterocycles. The van der Waals surface area contributed by atoms with Gasteiger partial charge < -0.3 is 19.8 Å². The quantitative estimate of drug-likeness (QED) is 0.759. The highest BCUT2D eigenvalue weighted by atomic mass is 16.5. The second kappa shape index (κ2) is 9.26. The number of nitrogens with two attached hydrogens (primary N) is 1. The van der Waals surface area contributed by atoms with Gasteiger partial charge in [0.15, 0.2) is 0 Å². The number of carbonyl (C=O) groups is 1. The lowest BCUT2D eigenvalue weighted by atomic mass is 9.98. The van der Waals surface area contributed by atoms with Gasteiger partial charge in [0.25, 0.3) is 5.91 Å². The highest BCUT2D eigenvalue weighted by Gasteiger charge is 2.25. The van der Waals surface area contributed by atoms with Gasteiger partial charge in [-0.3, -0.25) is 9.69 Å². The Kier molecular flexibility index (Phi) is 6.75. The number of methoxy groups -OCH3 is 1. The number of primary amides is 1. The van der Waals surface area contributed by atoms with Crippen LogP contribution >= 0.6 is 0 Å². The fourth-order valence-electron chi connectivity index (χ4n) is 4.19. The summed E-state index contributed by atoms with van der Waals surface area (Å²) < 4.78 is 13.3.